The van der Waals surface area contributed by atoms with E-state index in [1.807, 2.05) is 35.7 Å². The topological polar surface area (TPSA) is 64.4 Å². The zero-order chi connectivity index (χ0) is 16.4. The molecule has 1 aliphatic rings. The number of ether oxygens (including phenoxy) is 1. The van der Waals surface area contributed by atoms with Gasteiger partial charge < -0.3 is 14.5 Å². The first-order valence-corrected chi connectivity index (χ1v) is 8.66. The van der Waals surface area contributed by atoms with Crippen LogP contribution in [0.5, 0.6) is 0 Å². The van der Waals surface area contributed by atoms with E-state index in [2.05, 4.69) is 16.4 Å². The van der Waals surface area contributed by atoms with Gasteiger partial charge in [0.05, 0.1) is 25.4 Å². The second-order valence-electron chi connectivity index (χ2n) is 5.58. The molecule has 6 heteroatoms. The van der Waals surface area contributed by atoms with Crippen molar-refractivity contribution in [3.8, 4) is 11.5 Å². The largest absolute Gasteiger partial charge is 0.463 e. The minimum atomic E-state index is -0.195. The number of hydrogen-bond donors (Lipinski definition) is 1. The number of rotatable bonds is 4. The highest BCUT2D eigenvalue weighted by Gasteiger charge is 2.23. The van der Waals surface area contributed by atoms with Crippen LogP contribution in [0.1, 0.15) is 23.7 Å². The number of aromatic nitrogens is 1. The summed E-state index contributed by atoms with van der Waals surface area (Å²) in [6, 6.07) is 11.8. The number of anilines is 1. The third-order valence-electron chi connectivity index (χ3n) is 3.99. The maximum Gasteiger partial charge on any atom is 0.229 e. The van der Waals surface area contributed by atoms with Crippen molar-refractivity contribution in [2.75, 3.05) is 11.9 Å². The molecule has 1 amide bonds. The quantitative estimate of drug-likeness (QED) is 0.778. The van der Waals surface area contributed by atoms with Crippen molar-refractivity contribution in [3.63, 3.8) is 0 Å². The number of carbonyl (C=O) groups is 1. The highest BCUT2D eigenvalue weighted by Crippen LogP contribution is 2.30. The Morgan fingerprint density at radius 2 is 2.21 bits per heavy atom. The van der Waals surface area contributed by atoms with Crippen molar-refractivity contribution >= 4 is 22.4 Å². The molecule has 1 N–H and O–H groups in total. The molecule has 5 nitrogen and oxygen atoms in total. The van der Waals surface area contributed by atoms with Gasteiger partial charge in [-0.2, -0.15) is 0 Å². The summed E-state index contributed by atoms with van der Waals surface area (Å²) in [5, 5.41) is 5.28. The molecular formula is C18H16N2O3S. The molecule has 4 rings (SSSR count). The van der Waals surface area contributed by atoms with Gasteiger partial charge in [-0.15, -0.1) is 11.3 Å². The Kier molecular flexibility index (Phi) is 4.15. The molecule has 3 aromatic rings. The first-order chi connectivity index (χ1) is 11.8. The van der Waals surface area contributed by atoms with Gasteiger partial charge in [0.25, 0.3) is 0 Å². The minimum Gasteiger partial charge on any atom is -0.463 e. The van der Waals surface area contributed by atoms with E-state index < -0.39 is 0 Å². The van der Waals surface area contributed by atoms with Gasteiger partial charge in [0, 0.05) is 5.38 Å². The number of furan rings is 1. The average molecular weight is 340 g/mol. The summed E-state index contributed by atoms with van der Waals surface area (Å²) in [6.07, 6.45) is 2.59. The van der Waals surface area contributed by atoms with E-state index >= 15 is 0 Å². The van der Waals surface area contributed by atoms with Crippen molar-refractivity contribution in [2.45, 2.75) is 18.9 Å². The molecule has 0 aliphatic carbocycles. The van der Waals surface area contributed by atoms with Crippen LogP contribution in [-0.4, -0.2) is 17.5 Å². The standard InChI is InChI=1S/C18H16N2O3S/c21-17(10-16-13-5-2-1-4-12(13)7-9-23-16)20-18-19-14(11-24-18)15-6-3-8-22-15/h1-6,8,11,16H,7,9-10H2,(H,19,20,21). The predicted octanol–water partition coefficient (Wildman–Crippen LogP) is 4.05. The Morgan fingerprint density at radius 3 is 3.08 bits per heavy atom. The number of hydrogen-bond acceptors (Lipinski definition) is 5. The lowest BCUT2D eigenvalue weighted by Gasteiger charge is -2.25. The number of thiazole rings is 1. The lowest BCUT2D eigenvalue weighted by Crippen LogP contribution is -2.22. The van der Waals surface area contributed by atoms with Crippen LogP contribution in [0.4, 0.5) is 5.13 Å². The fourth-order valence-corrected chi connectivity index (χ4v) is 3.57. The van der Waals surface area contributed by atoms with E-state index in [1.54, 1.807) is 6.26 Å². The van der Waals surface area contributed by atoms with E-state index in [1.165, 1.54) is 16.9 Å². The normalized spacial score (nSPS) is 16.6. The molecule has 0 fully saturated rings. The van der Waals surface area contributed by atoms with Gasteiger partial charge in [-0.05, 0) is 29.7 Å². The maximum atomic E-state index is 12.3. The van der Waals surface area contributed by atoms with Crippen LogP contribution in [0.15, 0.2) is 52.5 Å². The minimum absolute atomic E-state index is 0.1000. The van der Waals surface area contributed by atoms with E-state index in [9.17, 15) is 4.79 Å². The number of benzene rings is 1. The lowest BCUT2D eigenvalue weighted by atomic mass is 9.96. The third-order valence-corrected chi connectivity index (χ3v) is 4.75. The summed E-state index contributed by atoms with van der Waals surface area (Å²) in [6.45, 7) is 0.648. The molecule has 1 aromatic carbocycles. The molecule has 1 atom stereocenters. The highest BCUT2D eigenvalue weighted by atomic mass is 32.1. The molecule has 2 aromatic heterocycles. The van der Waals surface area contributed by atoms with Crippen LogP contribution in [-0.2, 0) is 16.0 Å². The van der Waals surface area contributed by atoms with Crippen LogP contribution >= 0.6 is 11.3 Å². The van der Waals surface area contributed by atoms with Crippen LogP contribution in [0, 0.1) is 0 Å². The van der Waals surface area contributed by atoms with Gasteiger partial charge in [-0.3, -0.25) is 4.79 Å². The summed E-state index contributed by atoms with van der Waals surface area (Å²) in [5.74, 6) is 0.591. The van der Waals surface area contributed by atoms with E-state index in [0.717, 1.165) is 17.7 Å². The van der Waals surface area contributed by atoms with Gasteiger partial charge in [-0.1, -0.05) is 24.3 Å². The first-order valence-electron chi connectivity index (χ1n) is 7.78. The molecule has 122 valence electrons. The molecule has 0 spiro atoms. The summed E-state index contributed by atoms with van der Waals surface area (Å²) >= 11 is 1.38. The van der Waals surface area contributed by atoms with Crippen LogP contribution < -0.4 is 5.32 Å². The summed E-state index contributed by atoms with van der Waals surface area (Å²) in [7, 11) is 0. The molecule has 1 unspecified atom stereocenters. The Morgan fingerprint density at radius 1 is 1.29 bits per heavy atom. The highest BCUT2D eigenvalue weighted by molar-refractivity contribution is 7.14. The van der Waals surface area contributed by atoms with Gasteiger partial charge in [0.2, 0.25) is 5.91 Å². The van der Waals surface area contributed by atoms with Gasteiger partial charge in [0.1, 0.15) is 5.69 Å². The van der Waals surface area contributed by atoms with E-state index in [0.29, 0.717) is 17.5 Å². The van der Waals surface area contributed by atoms with Crippen molar-refractivity contribution in [1.29, 1.82) is 0 Å². The molecule has 1 aliphatic heterocycles. The van der Waals surface area contributed by atoms with Gasteiger partial charge in [-0.25, -0.2) is 4.98 Å². The van der Waals surface area contributed by atoms with E-state index in [4.69, 9.17) is 9.15 Å². The fourth-order valence-electron chi connectivity index (χ4n) is 2.85. The summed E-state index contributed by atoms with van der Waals surface area (Å²) < 4.78 is 11.1. The fraction of sp³-hybridized carbons (Fsp3) is 0.222. The van der Waals surface area contributed by atoms with E-state index in [-0.39, 0.29) is 18.4 Å². The smallest absolute Gasteiger partial charge is 0.229 e. The average Bonchev–Trinajstić information content (AvgIpc) is 3.26. The Labute approximate surface area is 143 Å². The summed E-state index contributed by atoms with van der Waals surface area (Å²) in [4.78, 5) is 16.7. The van der Waals surface area contributed by atoms with Gasteiger partial charge >= 0.3 is 0 Å². The number of fused-ring (bicyclic) bond motifs is 1. The molecular weight excluding hydrogens is 324 g/mol. The second kappa shape index (κ2) is 6.59. The summed E-state index contributed by atoms with van der Waals surface area (Å²) in [5.41, 5.74) is 3.09. The van der Waals surface area contributed by atoms with Crippen molar-refractivity contribution in [1.82, 2.24) is 4.98 Å². The molecule has 3 heterocycles. The molecule has 0 radical (unpaired) electrons. The lowest BCUT2D eigenvalue weighted by molar-refractivity contribution is -0.119. The number of nitrogens with zero attached hydrogens (tertiary/aromatic N) is 1. The zero-order valence-electron chi connectivity index (χ0n) is 12.9. The Bertz CT molecular complexity index is 842. The van der Waals surface area contributed by atoms with Gasteiger partial charge in [0.15, 0.2) is 10.9 Å². The molecule has 0 saturated heterocycles. The number of amides is 1. The second-order valence-corrected chi connectivity index (χ2v) is 6.43. The van der Waals surface area contributed by atoms with Crippen LogP contribution in [0.2, 0.25) is 0 Å². The number of carbonyl (C=O) groups excluding carboxylic acids is 1. The third kappa shape index (κ3) is 3.11. The van der Waals surface area contributed by atoms with Crippen molar-refractivity contribution in [2.24, 2.45) is 0 Å². The van der Waals surface area contributed by atoms with Crippen LogP contribution in [0.3, 0.4) is 0 Å². The monoisotopic (exact) mass is 340 g/mol. The predicted molar refractivity (Wildman–Crippen MR) is 91.9 cm³/mol. The Hall–Kier alpha value is -2.44. The SMILES string of the molecule is O=C(CC1OCCc2ccccc21)Nc1nc(-c2ccco2)cs1. The van der Waals surface area contributed by atoms with Crippen molar-refractivity contribution in [3.05, 3.63) is 59.2 Å². The maximum absolute atomic E-state index is 12.3. The Balaban J connectivity index is 1.43. The van der Waals surface area contributed by atoms with Crippen molar-refractivity contribution < 1.29 is 13.9 Å². The molecule has 0 saturated carbocycles. The number of nitrogens with one attached hydrogen (secondary N) is 1. The zero-order valence-corrected chi connectivity index (χ0v) is 13.7. The first kappa shape index (κ1) is 15.1. The molecule has 24 heavy (non-hydrogen) atoms. The van der Waals surface area contributed by atoms with Crippen LogP contribution in [0.25, 0.3) is 11.5 Å². The molecule has 0 bridgehead atoms.